The molecular formula is C26H29N3O4S. The maximum absolute atomic E-state index is 13.6. The molecule has 4 rings (SSSR count). The number of fused-ring (bicyclic) bond motifs is 1. The summed E-state index contributed by atoms with van der Waals surface area (Å²) in [5.74, 6) is -0.583. The Kier molecular flexibility index (Phi) is 6.72. The third-order valence-electron chi connectivity index (χ3n) is 6.35. The van der Waals surface area contributed by atoms with E-state index in [0.29, 0.717) is 25.2 Å². The summed E-state index contributed by atoms with van der Waals surface area (Å²) in [6.07, 6.45) is 0.631. The third-order valence-corrected chi connectivity index (χ3v) is 8.31. The molecular weight excluding hydrogens is 450 g/mol. The molecule has 0 saturated heterocycles. The van der Waals surface area contributed by atoms with Crippen molar-refractivity contribution in [3.63, 3.8) is 0 Å². The number of Topliss-reactive ketones (excluding diaryl/α,β-unsaturated/α-hetero) is 1. The minimum absolute atomic E-state index is 0.0640. The average Bonchev–Trinajstić information content (AvgIpc) is 3.14. The lowest BCUT2D eigenvalue weighted by Crippen LogP contribution is -2.36. The number of rotatable bonds is 7. The van der Waals surface area contributed by atoms with Crippen molar-refractivity contribution >= 4 is 21.7 Å². The highest BCUT2D eigenvalue weighted by Gasteiger charge is 2.33. The predicted octanol–water partition coefficient (Wildman–Crippen LogP) is 3.37. The maximum Gasteiger partial charge on any atom is 0.268 e. The number of ketones is 1. The first-order valence-electron chi connectivity index (χ1n) is 11.3. The van der Waals surface area contributed by atoms with Crippen LogP contribution in [0.3, 0.4) is 0 Å². The molecule has 1 amide bonds. The number of aryl methyl sites for hydroxylation is 1. The second-order valence-electron chi connectivity index (χ2n) is 8.73. The number of amides is 1. The zero-order valence-corrected chi connectivity index (χ0v) is 20.5. The normalized spacial score (nSPS) is 14.0. The van der Waals surface area contributed by atoms with Gasteiger partial charge in [-0.25, -0.2) is 8.42 Å². The van der Waals surface area contributed by atoms with Crippen LogP contribution in [0.1, 0.15) is 45.4 Å². The van der Waals surface area contributed by atoms with Gasteiger partial charge in [0.05, 0.1) is 6.54 Å². The Hall–Kier alpha value is -3.23. The third kappa shape index (κ3) is 4.69. The van der Waals surface area contributed by atoms with E-state index in [0.717, 1.165) is 22.3 Å². The van der Waals surface area contributed by atoms with E-state index in [1.54, 1.807) is 6.92 Å². The number of aromatic nitrogens is 1. The van der Waals surface area contributed by atoms with Crippen LogP contribution in [-0.4, -0.2) is 35.5 Å². The van der Waals surface area contributed by atoms with Crippen molar-refractivity contribution in [2.45, 2.75) is 51.7 Å². The molecule has 0 atom stereocenters. The molecule has 2 heterocycles. The van der Waals surface area contributed by atoms with Gasteiger partial charge in [-0.1, -0.05) is 48.5 Å². The van der Waals surface area contributed by atoms with E-state index in [1.165, 1.54) is 21.9 Å². The molecule has 8 heteroatoms. The van der Waals surface area contributed by atoms with Crippen molar-refractivity contribution in [3.05, 3.63) is 88.2 Å². The van der Waals surface area contributed by atoms with E-state index in [9.17, 15) is 18.0 Å². The fourth-order valence-corrected chi connectivity index (χ4v) is 6.05. The van der Waals surface area contributed by atoms with Crippen LogP contribution in [0.5, 0.6) is 0 Å². The van der Waals surface area contributed by atoms with Gasteiger partial charge >= 0.3 is 0 Å². The smallest absolute Gasteiger partial charge is 0.268 e. The molecule has 178 valence electrons. The van der Waals surface area contributed by atoms with Crippen LogP contribution in [-0.2, 0) is 40.9 Å². The molecule has 1 aromatic heterocycles. The molecule has 0 unspecified atom stereocenters. The summed E-state index contributed by atoms with van der Waals surface area (Å²) in [6.45, 7) is 5.91. The first kappa shape index (κ1) is 23.9. The average molecular weight is 480 g/mol. The van der Waals surface area contributed by atoms with E-state index in [4.69, 9.17) is 0 Å². The number of hydrogen-bond donors (Lipinski definition) is 1. The van der Waals surface area contributed by atoms with Gasteiger partial charge in [0.15, 0.2) is 0 Å². The molecule has 0 saturated carbocycles. The SMILES string of the molecule is CC(=O)Cn1c(C(=O)NCc2ccccc2C)cc(S(=O)(=O)N2CCc3ccccc3C2)c1C. The van der Waals surface area contributed by atoms with Crippen molar-refractivity contribution in [2.75, 3.05) is 6.54 Å². The summed E-state index contributed by atoms with van der Waals surface area (Å²) in [4.78, 5) is 25.1. The largest absolute Gasteiger partial charge is 0.347 e. The Morgan fingerprint density at radius 1 is 1.00 bits per heavy atom. The Morgan fingerprint density at radius 3 is 2.38 bits per heavy atom. The zero-order valence-electron chi connectivity index (χ0n) is 19.7. The van der Waals surface area contributed by atoms with Crippen molar-refractivity contribution < 1.29 is 18.0 Å². The van der Waals surface area contributed by atoms with Crippen LogP contribution < -0.4 is 5.32 Å². The monoisotopic (exact) mass is 479 g/mol. The number of nitrogens with one attached hydrogen (secondary N) is 1. The van der Waals surface area contributed by atoms with E-state index in [-0.39, 0.29) is 29.5 Å². The first-order valence-corrected chi connectivity index (χ1v) is 12.7. The molecule has 0 radical (unpaired) electrons. The fourth-order valence-electron chi connectivity index (χ4n) is 4.38. The molecule has 0 aliphatic carbocycles. The molecule has 1 N–H and O–H groups in total. The van der Waals surface area contributed by atoms with Crippen LogP contribution >= 0.6 is 0 Å². The number of hydrogen-bond acceptors (Lipinski definition) is 4. The van der Waals surface area contributed by atoms with Crippen LogP contribution in [0.2, 0.25) is 0 Å². The van der Waals surface area contributed by atoms with Crippen LogP contribution in [0.15, 0.2) is 59.5 Å². The summed E-state index contributed by atoms with van der Waals surface area (Å²) in [7, 11) is -3.86. The van der Waals surface area contributed by atoms with Gasteiger partial charge in [0.25, 0.3) is 5.91 Å². The molecule has 0 bridgehead atoms. The lowest BCUT2D eigenvalue weighted by atomic mass is 10.0. The standard InChI is InChI=1S/C26H29N3O4S/c1-18-8-4-5-10-22(18)15-27-26(31)24-14-25(20(3)29(24)16-19(2)30)34(32,33)28-13-12-21-9-6-7-11-23(21)17-28/h4-11,14H,12-13,15-17H2,1-3H3,(H,27,31). The van der Waals surface area contributed by atoms with Gasteiger partial charge in [-0.2, -0.15) is 4.31 Å². The summed E-state index contributed by atoms with van der Waals surface area (Å²) in [5.41, 5.74) is 4.70. The second-order valence-corrected chi connectivity index (χ2v) is 10.6. The Balaban J connectivity index is 1.65. The topological polar surface area (TPSA) is 88.5 Å². The number of carbonyl (C=O) groups excluding carboxylic acids is 2. The minimum atomic E-state index is -3.86. The molecule has 34 heavy (non-hydrogen) atoms. The zero-order chi connectivity index (χ0) is 24.5. The summed E-state index contributed by atoms with van der Waals surface area (Å²) < 4.78 is 30.2. The molecule has 7 nitrogen and oxygen atoms in total. The number of nitrogens with zero attached hydrogens (tertiary/aromatic N) is 2. The molecule has 0 fully saturated rings. The van der Waals surface area contributed by atoms with Gasteiger partial charge in [0, 0.05) is 25.3 Å². The van der Waals surface area contributed by atoms with Gasteiger partial charge in [-0.05, 0) is 55.5 Å². The Bertz CT molecular complexity index is 1360. The highest BCUT2D eigenvalue weighted by Crippen LogP contribution is 2.29. The number of carbonyl (C=O) groups is 2. The highest BCUT2D eigenvalue weighted by molar-refractivity contribution is 7.89. The molecule has 2 aromatic carbocycles. The van der Waals surface area contributed by atoms with Gasteiger partial charge < -0.3 is 9.88 Å². The summed E-state index contributed by atoms with van der Waals surface area (Å²) in [6, 6.07) is 16.9. The maximum atomic E-state index is 13.6. The first-order chi connectivity index (χ1) is 16.2. The lowest BCUT2D eigenvalue weighted by Gasteiger charge is -2.28. The van der Waals surface area contributed by atoms with E-state index in [2.05, 4.69) is 5.32 Å². The van der Waals surface area contributed by atoms with E-state index >= 15 is 0 Å². The molecule has 3 aromatic rings. The number of benzene rings is 2. The van der Waals surface area contributed by atoms with Crippen molar-refractivity contribution in [1.82, 2.24) is 14.2 Å². The Morgan fingerprint density at radius 2 is 1.68 bits per heavy atom. The van der Waals surface area contributed by atoms with Crippen LogP contribution in [0.25, 0.3) is 0 Å². The second kappa shape index (κ2) is 9.56. The van der Waals surface area contributed by atoms with Gasteiger partial charge in [-0.3, -0.25) is 9.59 Å². The van der Waals surface area contributed by atoms with Crippen molar-refractivity contribution in [2.24, 2.45) is 0 Å². The van der Waals surface area contributed by atoms with Crippen molar-refractivity contribution in [3.8, 4) is 0 Å². The number of sulfonamides is 1. The quantitative estimate of drug-likeness (QED) is 0.563. The predicted molar refractivity (Wildman–Crippen MR) is 130 cm³/mol. The van der Waals surface area contributed by atoms with Crippen molar-refractivity contribution in [1.29, 1.82) is 0 Å². The molecule has 0 spiro atoms. The van der Waals surface area contributed by atoms with Gasteiger partial charge in [0.1, 0.15) is 16.4 Å². The van der Waals surface area contributed by atoms with Crippen LogP contribution in [0.4, 0.5) is 0 Å². The van der Waals surface area contributed by atoms with Crippen LogP contribution in [0, 0.1) is 13.8 Å². The van der Waals surface area contributed by atoms with Gasteiger partial charge in [-0.15, -0.1) is 0 Å². The minimum Gasteiger partial charge on any atom is -0.347 e. The lowest BCUT2D eigenvalue weighted by molar-refractivity contribution is -0.117. The summed E-state index contributed by atoms with van der Waals surface area (Å²) in [5, 5.41) is 2.87. The van der Waals surface area contributed by atoms with E-state index < -0.39 is 15.9 Å². The highest BCUT2D eigenvalue weighted by atomic mass is 32.2. The molecule has 1 aliphatic heterocycles. The molecule has 1 aliphatic rings. The summed E-state index contributed by atoms with van der Waals surface area (Å²) >= 11 is 0. The fraction of sp³-hybridized carbons (Fsp3) is 0.308. The van der Waals surface area contributed by atoms with E-state index in [1.807, 2.05) is 55.5 Å². The van der Waals surface area contributed by atoms with Gasteiger partial charge in [0.2, 0.25) is 10.0 Å². The Labute approximate surface area is 200 Å².